The number of methoxy groups -OCH3 is 1. The first-order valence-electron chi connectivity index (χ1n) is 9.10. The molecule has 2 aromatic carbocycles. The fourth-order valence-electron chi connectivity index (χ4n) is 3.99. The number of nitrogens with zero attached hydrogens (tertiary/aromatic N) is 1. The summed E-state index contributed by atoms with van der Waals surface area (Å²) in [7, 11) is 1.66. The van der Waals surface area contributed by atoms with Gasteiger partial charge in [0.05, 0.1) is 23.9 Å². The highest BCUT2D eigenvalue weighted by Gasteiger charge is 2.40. The lowest BCUT2D eigenvalue weighted by Crippen LogP contribution is -2.34. The van der Waals surface area contributed by atoms with Gasteiger partial charge in [0.25, 0.3) is 5.91 Å². The molecule has 2 aliphatic rings. The lowest BCUT2D eigenvalue weighted by Gasteiger charge is -2.32. The Morgan fingerprint density at radius 3 is 2.58 bits per heavy atom. The molecule has 0 saturated heterocycles. The summed E-state index contributed by atoms with van der Waals surface area (Å²) in [6.07, 6.45) is 3.09. The third-order valence-electron chi connectivity index (χ3n) is 5.01. The van der Waals surface area contributed by atoms with Gasteiger partial charge in [-0.3, -0.25) is 4.79 Å². The average Bonchev–Trinajstić information content (AvgIpc) is 2.88. The second-order valence-electron chi connectivity index (χ2n) is 7.44. The maximum atomic E-state index is 13.4. The van der Waals surface area contributed by atoms with Crippen molar-refractivity contribution in [3.63, 3.8) is 0 Å². The summed E-state index contributed by atoms with van der Waals surface area (Å²) in [4.78, 5) is 15.3. The number of amides is 1. The average molecular weight is 348 g/mol. The van der Waals surface area contributed by atoms with E-state index < -0.39 is 0 Å². The molecule has 2 aromatic rings. The SMILES string of the molecule is CCCN1C(=O)c2c(-c3ccccc3OC)ccc3c2C1=CC(C)(C)N3. The summed E-state index contributed by atoms with van der Waals surface area (Å²) in [5.74, 6) is 0.857. The summed E-state index contributed by atoms with van der Waals surface area (Å²) in [5.41, 5.74) is 5.53. The zero-order chi connectivity index (χ0) is 18.5. The van der Waals surface area contributed by atoms with Crippen molar-refractivity contribution < 1.29 is 9.53 Å². The molecule has 0 radical (unpaired) electrons. The van der Waals surface area contributed by atoms with Crippen molar-refractivity contribution in [3.05, 3.63) is 53.6 Å². The molecule has 0 spiro atoms. The zero-order valence-electron chi connectivity index (χ0n) is 15.7. The Hall–Kier alpha value is -2.75. The number of nitrogens with one attached hydrogen (secondary N) is 1. The molecule has 2 aliphatic heterocycles. The van der Waals surface area contributed by atoms with Crippen molar-refractivity contribution in [2.24, 2.45) is 0 Å². The molecular weight excluding hydrogens is 324 g/mol. The highest BCUT2D eigenvalue weighted by Crippen LogP contribution is 2.47. The molecule has 4 rings (SSSR count). The van der Waals surface area contributed by atoms with E-state index in [4.69, 9.17) is 4.74 Å². The number of rotatable bonds is 4. The first-order chi connectivity index (χ1) is 12.5. The van der Waals surface area contributed by atoms with Crippen LogP contribution in [0.15, 0.2) is 42.5 Å². The number of benzene rings is 2. The standard InChI is InChI=1S/C22H24N2O2/c1-5-12-24-17-13-22(2,3)23-16-11-10-15(19(20(16)17)21(24)25)14-8-6-7-9-18(14)26-4/h6-11,13,23H,5,12H2,1-4H3. The summed E-state index contributed by atoms with van der Waals surface area (Å²) in [5, 5.41) is 3.55. The molecule has 0 fully saturated rings. The van der Waals surface area contributed by atoms with E-state index in [9.17, 15) is 4.79 Å². The molecular formula is C22H24N2O2. The van der Waals surface area contributed by atoms with E-state index in [2.05, 4.69) is 38.2 Å². The predicted octanol–water partition coefficient (Wildman–Crippen LogP) is 4.77. The summed E-state index contributed by atoms with van der Waals surface area (Å²) in [6.45, 7) is 7.08. The van der Waals surface area contributed by atoms with E-state index in [1.807, 2.05) is 35.2 Å². The fourth-order valence-corrected chi connectivity index (χ4v) is 3.99. The fraction of sp³-hybridized carbons (Fsp3) is 0.318. The molecule has 2 heterocycles. The van der Waals surface area contributed by atoms with Gasteiger partial charge in [0, 0.05) is 23.4 Å². The van der Waals surface area contributed by atoms with Crippen LogP contribution in [-0.2, 0) is 0 Å². The highest BCUT2D eigenvalue weighted by molar-refractivity contribution is 6.16. The number of ether oxygens (including phenoxy) is 1. The van der Waals surface area contributed by atoms with Gasteiger partial charge in [0.1, 0.15) is 5.75 Å². The molecule has 26 heavy (non-hydrogen) atoms. The number of carbonyl (C=O) groups is 1. The van der Waals surface area contributed by atoms with Gasteiger partial charge in [0.15, 0.2) is 0 Å². The summed E-state index contributed by atoms with van der Waals surface area (Å²) < 4.78 is 5.54. The molecule has 0 aliphatic carbocycles. The molecule has 0 atom stereocenters. The van der Waals surface area contributed by atoms with E-state index in [1.165, 1.54) is 0 Å². The van der Waals surface area contributed by atoms with Crippen LogP contribution >= 0.6 is 0 Å². The Balaban J connectivity index is 1.99. The molecule has 0 bridgehead atoms. The zero-order valence-corrected chi connectivity index (χ0v) is 15.7. The van der Waals surface area contributed by atoms with Gasteiger partial charge in [-0.15, -0.1) is 0 Å². The summed E-state index contributed by atoms with van der Waals surface area (Å²) >= 11 is 0. The lowest BCUT2D eigenvalue weighted by atomic mass is 9.89. The Morgan fingerprint density at radius 1 is 1.08 bits per heavy atom. The molecule has 134 valence electrons. The Labute approximate surface area is 154 Å². The lowest BCUT2D eigenvalue weighted by molar-refractivity contribution is 0.0850. The highest BCUT2D eigenvalue weighted by atomic mass is 16.5. The minimum atomic E-state index is -0.192. The van der Waals surface area contributed by atoms with Crippen molar-refractivity contribution in [2.75, 3.05) is 19.0 Å². The molecule has 0 aromatic heterocycles. The molecule has 4 nitrogen and oxygen atoms in total. The molecule has 0 unspecified atom stereocenters. The number of hydrogen-bond donors (Lipinski definition) is 1. The molecule has 1 N–H and O–H groups in total. The number of anilines is 1. The largest absolute Gasteiger partial charge is 0.496 e. The molecule has 4 heteroatoms. The number of carbonyl (C=O) groups excluding carboxylic acids is 1. The third-order valence-corrected chi connectivity index (χ3v) is 5.01. The summed E-state index contributed by atoms with van der Waals surface area (Å²) in [6, 6.07) is 12.0. The number of para-hydroxylation sites is 1. The van der Waals surface area contributed by atoms with Gasteiger partial charge in [-0.05, 0) is 44.0 Å². The van der Waals surface area contributed by atoms with E-state index in [0.717, 1.165) is 52.4 Å². The van der Waals surface area contributed by atoms with Crippen molar-refractivity contribution in [1.82, 2.24) is 4.90 Å². The maximum Gasteiger partial charge on any atom is 0.259 e. The molecule has 1 amide bonds. The van der Waals surface area contributed by atoms with Crippen LogP contribution in [0.5, 0.6) is 5.75 Å². The Kier molecular flexibility index (Phi) is 3.79. The Bertz CT molecular complexity index is 928. The van der Waals surface area contributed by atoms with Crippen molar-refractivity contribution >= 4 is 17.3 Å². The van der Waals surface area contributed by atoms with Crippen molar-refractivity contribution in [1.29, 1.82) is 0 Å². The van der Waals surface area contributed by atoms with Crippen LogP contribution in [0.25, 0.3) is 16.8 Å². The quantitative estimate of drug-likeness (QED) is 0.865. The second-order valence-corrected chi connectivity index (χ2v) is 7.44. The van der Waals surface area contributed by atoms with Gasteiger partial charge < -0.3 is 15.0 Å². The Morgan fingerprint density at radius 2 is 1.85 bits per heavy atom. The minimum absolute atomic E-state index is 0.0790. The van der Waals surface area contributed by atoms with Crippen LogP contribution in [0, 0.1) is 0 Å². The van der Waals surface area contributed by atoms with Crippen LogP contribution in [0.1, 0.15) is 43.1 Å². The number of hydrogen-bond acceptors (Lipinski definition) is 3. The first kappa shape index (κ1) is 16.7. The third kappa shape index (κ3) is 2.40. The van der Waals surface area contributed by atoms with E-state index >= 15 is 0 Å². The van der Waals surface area contributed by atoms with Gasteiger partial charge >= 0.3 is 0 Å². The topological polar surface area (TPSA) is 41.6 Å². The van der Waals surface area contributed by atoms with Gasteiger partial charge in [-0.25, -0.2) is 0 Å². The normalized spacial score (nSPS) is 16.8. The van der Waals surface area contributed by atoms with Crippen LogP contribution < -0.4 is 10.1 Å². The van der Waals surface area contributed by atoms with Gasteiger partial charge in [-0.2, -0.15) is 0 Å². The smallest absolute Gasteiger partial charge is 0.259 e. The van der Waals surface area contributed by atoms with Crippen molar-refractivity contribution in [2.45, 2.75) is 32.7 Å². The predicted molar refractivity (Wildman–Crippen MR) is 105 cm³/mol. The van der Waals surface area contributed by atoms with E-state index in [1.54, 1.807) is 7.11 Å². The monoisotopic (exact) mass is 348 g/mol. The first-order valence-corrected chi connectivity index (χ1v) is 9.10. The van der Waals surface area contributed by atoms with Crippen LogP contribution in [0.2, 0.25) is 0 Å². The van der Waals surface area contributed by atoms with Crippen LogP contribution in [-0.4, -0.2) is 30.0 Å². The second kappa shape index (κ2) is 5.90. The van der Waals surface area contributed by atoms with Gasteiger partial charge in [-0.1, -0.05) is 31.2 Å². The van der Waals surface area contributed by atoms with Crippen LogP contribution in [0.3, 0.4) is 0 Å². The van der Waals surface area contributed by atoms with Crippen LogP contribution in [0.4, 0.5) is 5.69 Å². The minimum Gasteiger partial charge on any atom is -0.496 e. The van der Waals surface area contributed by atoms with E-state index in [-0.39, 0.29) is 11.4 Å². The maximum absolute atomic E-state index is 13.4. The molecule has 0 saturated carbocycles. The van der Waals surface area contributed by atoms with Crippen molar-refractivity contribution in [3.8, 4) is 16.9 Å². The van der Waals surface area contributed by atoms with Gasteiger partial charge in [0.2, 0.25) is 0 Å². The van der Waals surface area contributed by atoms with E-state index in [0.29, 0.717) is 0 Å².